The number of benzene rings is 1. The third-order valence-corrected chi connectivity index (χ3v) is 3.72. The highest BCUT2D eigenvalue weighted by Crippen LogP contribution is 2.19. The fourth-order valence-corrected chi connectivity index (χ4v) is 2.51. The second-order valence-electron chi connectivity index (χ2n) is 5.27. The Morgan fingerprint density at radius 2 is 2.13 bits per heavy atom. The zero-order valence-electron chi connectivity index (χ0n) is 12.7. The Bertz CT molecular complexity index is 628. The Labute approximate surface area is 141 Å². The Morgan fingerprint density at radius 3 is 2.83 bits per heavy atom. The van der Waals surface area contributed by atoms with Gasteiger partial charge in [-0.2, -0.15) is 0 Å². The topological polar surface area (TPSA) is 55.4 Å². The minimum Gasteiger partial charge on any atom is -0.439 e. The predicted molar refractivity (Wildman–Crippen MR) is 94.0 cm³/mol. The number of nitrogens with one attached hydrogen (secondary N) is 2. The van der Waals surface area contributed by atoms with Gasteiger partial charge >= 0.3 is 0 Å². The van der Waals surface area contributed by atoms with Gasteiger partial charge in [0.25, 0.3) is 0 Å². The molecule has 1 saturated heterocycles. The lowest BCUT2D eigenvalue weighted by Gasteiger charge is -2.14. The molecule has 0 spiro atoms. The fourth-order valence-electron chi connectivity index (χ4n) is 2.31. The van der Waals surface area contributed by atoms with E-state index < -0.39 is 0 Å². The number of hydrogen-bond acceptors (Lipinski definition) is 4. The number of anilines is 1. The molecule has 1 atom stereocenters. The van der Waals surface area contributed by atoms with Gasteiger partial charge in [0.1, 0.15) is 5.75 Å². The lowest BCUT2D eigenvalue weighted by atomic mass is 10.2. The fraction of sp³-hybridized carbons (Fsp3) is 0.294. The van der Waals surface area contributed by atoms with Crippen LogP contribution in [-0.4, -0.2) is 29.4 Å². The van der Waals surface area contributed by atoms with Gasteiger partial charge in [0.2, 0.25) is 5.88 Å². The van der Waals surface area contributed by atoms with Crippen molar-refractivity contribution in [1.82, 2.24) is 10.3 Å². The predicted octanol–water partition coefficient (Wildman–Crippen LogP) is 3.34. The number of hydrogen-bond donors (Lipinski definition) is 2. The van der Waals surface area contributed by atoms with Gasteiger partial charge in [0.15, 0.2) is 5.11 Å². The summed E-state index contributed by atoms with van der Waals surface area (Å²) in [7, 11) is 0. The van der Waals surface area contributed by atoms with Gasteiger partial charge in [-0.25, -0.2) is 4.98 Å². The van der Waals surface area contributed by atoms with E-state index >= 15 is 0 Å². The normalized spacial score (nSPS) is 16.8. The van der Waals surface area contributed by atoms with Crippen molar-refractivity contribution in [2.24, 2.45) is 0 Å². The van der Waals surface area contributed by atoms with Crippen molar-refractivity contribution in [3.8, 4) is 11.6 Å². The third-order valence-electron chi connectivity index (χ3n) is 3.47. The van der Waals surface area contributed by atoms with Crippen LogP contribution in [0.4, 0.5) is 5.69 Å². The zero-order valence-corrected chi connectivity index (χ0v) is 13.5. The van der Waals surface area contributed by atoms with Crippen molar-refractivity contribution in [3.05, 3.63) is 48.7 Å². The number of nitrogens with zero attached hydrogens (tertiary/aromatic N) is 1. The van der Waals surface area contributed by atoms with Crippen LogP contribution in [0.25, 0.3) is 0 Å². The summed E-state index contributed by atoms with van der Waals surface area (Å²) < 4.78 is 11.2. The maximum atomic E-state index is 5.65. The van der Waals surface area contributed by atoms with E-state index in [9.17, 15) is 0 Å². The first-order chi connectivity index (χ1) is 11.3. The molecule has 3 rings (SSSR count). The average Bonchev–Trinajstić information content (AvgIpc) is 3.09. The van der Waals surface area contributed by atoms with Gasteiger partial charge in [-0.1, -0.05) is 18.2 Å². The summed E-state index contributed by atoms with van der Waals surface area (Å²) in [4.78, 5) is 4.27. The second-order valence-corrected chi connectivity index (χ2v) is 5.68. The molecule has 2 aromatic rings. The number of rotatable bonds is 5. The standard InChI is InChI=1S/C17H19N3O2S/c23-17(19-12-15-7-4-10-21-15)20-13-8-9-16(18-11-13)22-14-5-2-1-3-6-14/h1-3,5-6,8-9,11,15H,4,7,10,12H2,(H2,19,20,23)/t15-/m0/s1. The highest BCUT2D eigenvalue weighted by molar-refractivity contribution is 7.80. The molecule has 2 heterocycles. The Hall–Kier alpha value is -2.18. The average molecular weight is 329 g/mol. The molecule has 1 fully saturated rings. The summed E-state index contributed by atoms with van der Waals surface area (Å²) in [6.07, 6.45) is 4.16. The van der Waals surface area contributed by atoms with Crippen LogP contribution in [0.1, 0.15) is 12.8 Å². The monoisotopic (exact) mass is 329 g/mol. The lowest BCUT2D eigenvalue weighted by molar-refractivity contribution is 0.114. The smallest absolute Gasteiger partial charge is 0.219 e. The summed E-state index contributed by atoms with van der Waals surface area (Å²) in [6.45, 7) is 1.58. The van der Waals surface area contributed by atoms with Crippen LogP contribution < -0.4 is 15.4 Å². The first kappa shape index (κ1) is 15.7. The van der Waals surface area contributed by atoms with E-state index in [1.807, 2.05) is 36.4 Å². The number of aromatic nitrogens is 1. The SMILES string of the molecule is S=C(NC[C@@H]1CCCO1)Nc1ccc(Oc2ccccc2)nc1. The van der Waals surface area contributed by atoms with Gasteiger partial charge in [0.05, 0.1) is 18.0 Å². The molecule has 0 amide bonds. The Kier molecular flexibility index (Phi) is 5.39. The van der Waals surface area contributed by atoms with E-state index in [0.29, 0.717) is 11.0 Å². The van der Waals surface area contributed by atoms with E-state index in [1.165, 1.54) is 0 Å². The minimum atomic E-state index is 0.259. The van der Waals surface area contributed by atoms with Crippen LogP contribution in [-0.2, 0) is 4.74 Å². The number of para-hydroxylation sites is 1. The van der Waals surface area contributed by atoms with Crippen molar-refractivity contribution >= 4 is 23.0 Å². The Balaban J connectivity index is 1.47. The summed E-state index contributed by atoms with van der Waals surface area (Å²) in [5, 5.41) is 6.84. The minimum absolute atomic E-state index is 0.259. The van der Waals surface area contributed by atoms with Gasteiger partial charge in [-0.3, -0.25) is 0 Å². The molecule has 0 radical (unpaired) electrons. The first-order valence-electron chi connectivity index (χ1n) is 7.65. The molecule has 0 saturated carbocycles. The van der Waals surface area contributed by atoms with Crippen molar-refractivity contribution < 1.29 is 9.47 Å². The second kappa shape index (κ2) is 7.89. The summed E-state index contributed by atoms with van der Waals surface area (Å²) in [6, 6.07) is 13.2. The van der Waals surface area contributed by atoms with E-state index in [0.717, 1.165) is 37.4 Å². The Morgan fingerprint density at radius 1 is 1.26 bits per heavy atom. The van der Waals surface area contributed by atoms with Crippen LogP contribution in [0.5, 0.6) is 11.6 Å². The van der Waals surface area contributed by atoms with E-state index in [1.54, 1.807) is 12.3 Å². The lowest BCUT2D eigenvalue weighted by Crippen LogP contribution is -2.34. The summed E-state index contributed by atoms with van der Waals surface area (Å²) in [5.41, 5.74) is 0.815. The molecule has 0 bridgehead atoms. The van der Waals surface area contributed by atoms with Crippen molar-refractivity contribution in [2.75, 3.05) is 18.5 Å². The van der Waals surface area contributed by atoms with Gasteiger partial charge in [0, 0.05) is 19.2 Å². The van der Waals surface area contributed by atoms with E-state index in [4.69, 9.17) is 21.7 Å². The van der Waals surface area contributed by atoms with Gasteiger partial charge in [-0.05, 0) is 43.3 Å². The largest absolute Gasteiger partial charge is 0.439 e. The maximum absolute atomic E-state index is 5.65. The molecule has 1 aliphatic rings. The molecule has 23 heavy (non-hydrogen) atoms. The van der Waals surface area contributed by atoms with E-state index in [2.05, 4.69) is 15.6 Å². The molecular formula is C17H19N3O2S. The molecule has 0 unspecified atom stereocenters. The quantitative estimate of drug-likeness (QED) is 0.821. The molecule has 2 N–H and O–H groups in total. The third kappa shape index (κ3) is 4.91. The summed E-state index contributed by atoms with van der Waals surface area (Å²) >= 11 is 5.27. The number of ether oxygens (including phenoxy) is 2. The maximum Gasteiger partial charge on any atom is 0.219 e. The molecular weight excluding hydrogens is 310 g/mol. The molecule has 5 nitrogen and oxygen atoms in total. The van der Waals surface area contributed by atoms with Gasteiger partial charge < -0.3 is 20.1 Å². The first-order valence-corrected chi connectivity index (χ1v) is 8.06. The molecule has 1 aromatic heterocycles. The zero-order chi connectivity index (χ0) is 15.9. The van der Waals surface area contributed by atoms with Crippen LogP contribution >= 0.6 is 12.2 Å². The van der Waals surface area contributed by atoms with Crippen LogP contribution in [0.3, 0.4) is 0 Å². The molecule has 120 valence electrons. The molecule has 1 aromatic carbocycles. The van der Waals surface area contributed by atoms with E-state index in [-0.39, 0.29) is 6.10 Å². The van der Waals surface area contributed by atoms with Crippen LogP contribution in [0.2, 0.25) is 0 Å². The number of thiocarbonyl (C=S) groups is 1. The molecule has 6 heteroatoms. The number of pyridine rings is 1. The van der Waals surface area contributed by atoms with Crippen molar-refractivity contribution in [1.29, 1.82) is 0 Å². The van der Waals surface area contributed by atoms with Crippen molar-refractivity contribution in [3.63, 3.8) is 0 Å². The van der Waals surface area contributed by atoms with Gasteiger partial charge in [-0.15, -0.1) is 0 Å². The highest BCUT2D eigenvalue weighted by Gasteiger charge is 2.15. The summed E-state index contributed by atoms with van der Waals surface area (Å²) in [5.74, 6) is 1.30. The van der Waals surface area contributed by atoms with Crippen LogP contribution in [0, 0.1) is 0 Å². The molecule has 1 aliphatic heterocycles. The highest BCUT2D eigenvalue weighted by atomic mass is 32.1. The molecule has 0 aliphatic carbocycles. The van der Waals surface area contributed by atoms with Crippen LogP contribution in [0.15, 0.2) is 48.7 Å². The van der Waals surface area contributed by atoms with Crippen molar-refractivity contribution in [2.45, 2.75) is 18.9 Å².